The predicted octanol–water partition coefficient (Wildman–Crippen LogP) is 3.36. The standard InChI is InChI=1S/C19H26ClN5O/c1-14-6-8-19(9-7-14,24-10-12-26-13-11-24)18-21-22-23-25(18)17-5-3-4-16(20)15(17)2/h3-5,14H,6-13H2,1-2H3. The van der Waals surface area contributed by atoms with Crippen LogP contribution >= 0.6 is 11.6 Å². The van der Waals surface area contributed by atoms with Crippen molar-refractivity contribution in [2.75, 3.05) is 26.3 Å². The molecule has 0 atom stereocenters. The average Bonchev–Trinajstić information content (AvgIpc) is 3.16. The van der Waals surface area contributed by atoms with Crippen LogP contribution in [-0.2, 0) is 10.3 Å². The van der Waals surface area contributed by atoms with Gasteiger partial charge in [0, 0.05) is 18.1 Å². The van der Waals surface area contributed by atoms with Crippen molar-refractivity contribution in [2.45, 2.75) is 45.1 Å². The molecule has 0 N–H and O–H groups in total. The topological polar surface area (TPSA) is 56.1 Å². The second kappa shape index (κ2) is 7.25. The zero-order valence-electron chi connectivity index (χ0n) is 15.5. The Labute approximate surface area is 159 Å². The first-order valence-corrected chi connectivity index (χ1v) is 9.87. The molecule has 6 nitrogen and oxygen atoms in total. The molecule has 26 heavy (non-hydrogen) atoms. The fourth-order valence-electron chi connectivity index (χ4n) is 4.38. The second-order valence-corrected chi connectivity index (χ2v) is 8.02. The summed E-state index contributed by atoms with van der Waals surface area (Å²) in [5.41, 5.74) is 1.84. The van der Waals surface area contributed by atoms with Crippen molar-refractivity contribution in [1.82, 2.24) is 25.1 Å². The fraction of sp³-hybridized carbons (Fsp3) is 0.632. The number of hydrogen-bond acceptors (Lipinski definition) is 5. The van der Waals surface area contributed by atoms with E-state index in [1.807, 2.05) is 29.8 Å². The molecule has 0 radical (unpaired) electrons. The van der Waals surface area contributed by atoms with E-state index in [0.29, 0.717) is 0 Å². The molecule has 0 amide bonds. The number of nitrogens with zero attached hydrogens (tertiary/aromatic N) is 5. The third-order valence-electron chi connectivity index (χ3n) is 6.07. The summed E-state index contributed by atoms with van der Waals surface area (Å²) < 4.78 is 7.52. The summed E-state index contributed by atoms with van der Waals surface area (Å²) in [7, 11) is 0. The van der Waals surface area contributed by atoms with Gasteiger partial charge in [0.2, 0.25) is 0 Å². The number of aromatic nitrogens is 4. The van der Waals surface area contributed by atoms with E-state index < -0.39 is 0 Å². The zero-order valence-corrected chi connectivity index (χ0v) is 16.2. The molecule has 1 aromatic carbocycles. The Kier molecular flexibility index (Phi) is 4.99. The number of ether oxygens (including phenoxy) is 1. The molecule has 2 aromatic rings. The van der Waals surface area contributed by atoms with Crippen molar-refractivity contribution >= 4 is 11.6 Å². The maximum absolute atomic E-state index is 6.36. The van der Waals surface area contributed by atoms with Gasteiger partial charge in [-0.05, 0) is 66.6 Å². The molecule has 1 aliphatic carbocycles. The van der Waals surface area contributed by atoms with Crippen LogP contribution < -0.4 is 0 Å². The Morgan fingerprint density at radius 2 is 1.92 bits per heavy atom. The lowest BCUT2D eigenvalue weighted by Gasteiger charge is -2.47. The van der Waals surface area contributed by atoms with Gasteiger partial charge in [-0.15, -0.1) is 5.10 Å². The Hall–Kier alpha value is -1.50. The first-order chi connectivity index (χ1) is 12.6. The lowest BCUT2D eigenvalue weighted by Crippen LogP contribution is -2.54. The summed E-state index contributed by atoms with van der Waals surface area (Å²) in [5.74, 6) is 1.69. The number of benzene rings is 1. The summed E-state index contributed by atoms with van der Waals surface area (Å²) >= 11 is 6.36. The highest BCUT2D eigenvalue weighted by Gasteiger charge is 2.45. The van der Waals surface area contributed by atoms with E-state index in [-0.39, 0.29) is 5.54 Å². The Bertz CT molecular complexity index is 763. The Morgan fingerprint density at radius 1 is 1.19 bits per heavy atom. The van der Waals surface area contributed by atoms with Crippen LogP contribution in [-0.4, -0.2) is 51.4 Å². The van der Waals surface area contributed by atoms with E-state index >= 15 is 0 Å². The summed E-state index contributed by atoms with van der Waals surface area (Å²) in [6.45, 7) is 7.76. The first-order valence-electron chi connectivity index (χ1n) is 9.49. The Balaban J connectivity index is 1.80. The van der Waals surface area contributed by atoms with Crippen molar-refractivity contribution in [3.63, 3.8) is 0 Å². The molecule has 0 bridgehead atoms. The molecule has 140 valence electrons. The molecule has 1 aliphatic heterocycles. The molecular weight excluding hydrogens is 350 g/mol. The van der Waals surface area contributed by atoms with Gasteiger partial charge in [0.15, 0.2) is 5.82 Å². The number of morpholine rings is 1. The average molecular weight is 376 g/mol. The van der Waals surface area contributed by atoms with Crippen LogP contribution in [0.25, 0.3) is 5.69 Å². The minimum absolute atomic E-state index is 0.130. The number of rotatable bonds is 3. The number of tetrazole rings is 1. The molecule has 2 aliphatic rings. The largest absolute Gasteiger partial charge is 0.379 e. The van der Waals surface area contributed by atoms with Crippen LogP contribution in [0.5, 0.6) is 0 Å². The van der Waals surface area contributed by atoms with Crippen LogP contribution in [0.3, 0.4) is 0 Å². The lowest BCUT2D eigenvalue weighted by molar-refractivity contribution is -0.0499. The molecular formula is C19H26ClN5O. The van der Waals surface area contributed by atoms with E-state index in [4.69, 9.17) is 16.3 Å². The van der Waals surface area contributed by atoms with Gasteiger partial charge in [0.05, 0.1) is 24.4 Å². The smallest absolute Gasteiger partial charge is 0.176 e. The number of halogens is 1. The van der Waals surface area contributed by atoms with Gasteiger partial charge >= 0.3 is 0 Å². The first kappa shape index (κ1) is 17.9. The summed E-state index contributed by atoms with van der Waals surface area (Å²) in [5, 5.41) is 13.7. The number of hydrogen-bond donors (Lipinski definition) is 0. The SMILES string of the molecule is Cc1c(Cl)cccc1-n1nnnc1C1(N2CCOCC2)CCC(C)CC1. The molecule has 1 saturated heterocycles. The summed E-state index contributed by atoms with van der Waals surface area (Å²) in [4.78, 5) is 2.55. The zero-order chi connectivity index (χ0) is 18.1. The van der Waals surface area contributed by atoms with Gasteiger partial charge in [0.1, 0.15) is 0 Å². The maximum atomic E-state index is 6.36. The van der Waals surface area contributed by atoms with Gasteiger partial charge in [-0.1, -0.05) is 24.6 Å². The van der Waals surface area contributed by atoms with Crippen molar-refractivity contribution in [3.05, 3.63) is 34.6 Å². The van der Waals surface area contributed by atoms with E-state index in [0.717, 1.165) is 67.2 Å². The fourth-order valence-corrected chi connectivity index (χ4v) is 4.55. The van der Waals surface area contributed by atoms with Gasteiger partial charge in [-0.2, -0.15) is 4.68 Å². The maximum Gasteiger partial charge on any atom is 0.176 e. The summed E-state index contributed by atoms with van der Waals surface area (Å²) in [6, 6.07) is 5.91. The predicted molar refractivity (Wildman–Crippen MR) is 101 cm³/mol. The van der Waals surface area contributed by atoms with Crippen LogP contribution in [0.4, 0.5) is 0 Å². The highest BCUT2D eigenvalue weighted by Crippen LogP contribution is 2.44. The van der Waals surface area contributed by atoms with Crippen molar-refractivity contribution < 1.29 is 4.74 Å². The second-order valence-electron chi connectivity index (χ2n) is 7.61. The molecule has 2 heterocycles. The molecule has 4 rings (SSSR count). The van der Waals surface area contributed by atoms with Crippen molar-refractivity contribution in [1.29, 1.82) is 0 Å². The van der Waals surface area contributed by atoms with E-state index in [1.165, 1.54) is 12.8 Å². The van der Waals surface area contributed by atoms with Crippen molar-refractivity contribution in [2.24, 2.45) is 5.92 Å². The highest BCUT2D eigenvalue weighted by atomic mass is 35.5. The minimum atomic E-state index is -0.130. The van der Waals surface area contributed by atoms with Crippen LogP contribution in [0.1, 0.15) is 44.0 Å². The van der Waals surface area contributed by atoms with Gasteiger partial charge in [-0.25, -0.2) is 0 Å². The monoisotopic (exact) mass is 375 g/mol. The van der Waals surface area contributed by atoms with Crippen LogP contribution in [0.2, 0.25) is 5.02 Å². The molecule has 1 saturated carbocycles. The van der Waals surface area contributed by atoms with E-state index in [9.17, 15) is 0 Å². The molecule has 2 fully saturated rings. The molecule has 7 heteroatoms. The van der Waals surface area contributed by atoms with Crippen LogP contribution in [0, 0.1) is 12.8 Å². The van der Waals surface area contributed by atoms with E-state index in [1.54, 1.807) is 0 Å². The highest BCUT2D eigenvalue weighted by molar-refractivity contribution is 6.31. The van der Waals surface area contributed by atoms with Gasteiger partial charge in [-0.3, -0.25) is 4.90 Å². The van der Waals surface area contributed by atoms with Crippen LogP contribution in [0.15, 0.2) is 18.2 Å². The van der Waals surface area contributed by atoms with Crippen molar-refractivity contribution in [3.8, 4) is 5.69 Å². The third-order valence-corrected chi connectivity index (χ3v) is 6.48. The Morgan fingerprint density at radius 3 is 2.65 bits per heavy atom. The van der Waals surface area contributed by atoms with Gasteiger partial charge in [0.25, 0.3) is 0 Å². The lowest BCUT2D eigenvalue weighted by atomic mass is 9.75. The minimum Gasteiger partial charge on any atom is -0.379 e. The summed E-state index contributed by atoms with van der Waals surface area (Å²) in [6.07, 6.45) is 4.54. The third kappa shape index (κ3) is 3.04. The normalized spacial score (nSPS) is 27.6. The quantitative estimate of drug-likeness (QED) is 0.823. The molecule has 0 spiro atoms. The van der Waals surface area contributed by atoms with E-state index in [2.05, 4.69) is 27.3 Å². The molecule has 0 unspecified atom stereocenters. The molecule has 1 aromatic heterocycles. The van der Waals surface area contributed by atoms with Gasteiger partial charge < -0.3 is 4.74 Å².